The van der Waals surface area contributed by atoms with Gasteiger partial charge in [-0.3, -0.25) is 9.98 Å². The van der Waals surface area contributed by atoms with Crippen LogP contribution in [-0.2, 0) is 0 Å². The van der Waals surface area contributed by atoms with Crippen LogP contribution in [0, 0.1) is 0 Å². The lowest BCUT2D eigenvalue weighted by Gasteiger charge is -2.32. The van der Waals surface area contributed by atoms with Crippen LogP contribution in [0.15, 0.2) is 9.98 Å². The van der Waals surface area contributed by atoms with Crippen LogP contribution < -0.4 is 5.32 Å². The smallest absolute Gasteiger partial charge is 0.199 e. The fourth-order valence-electron chi connectivity index (χ4n) is 3.42. The van der Waals surface area contributed by atoms with Crippen molar-refractivity contribution in [3.63, 3.8) is 0 Å². The highest BCUT2D eigenvalue weighted by atomic mass is 16.3. The largest absolute Gasteiger partial charge is 0.396 e. The summed E-state index contributed by atoms with van der Waals surface area (Å²) in [5.74, 6) is 1.87. The predicted molar refractivity (Wildman–Crippen MR) is 119 cm³/mol. The molecule has 6 heteroatoms. The third-order valence-corrected chi connectivity index (χ3v) is 5.15. The lowest BCUT2D eigenvalue weighted by molar-refractivity contribution is 0.265. The molecule has 1 fully saturated rings. The molecule has 1 heterocycles. The van der Waals surface area contributed by atoms with Crippen LogP contribution >= 0.6 is 0 Å². The number of nitrogens with one attached hydrogen (secondary N) is 1. The summed E-state index contributed by atoms with van der Waals surface area (Å²) in [5.41, 5.74) is 0. The van der Waals surface area contributed by atoms with Crippen molar-refractivity contribution in [1.82, 2.24) is 10.2 Å². The number of aliphatic imine (C=N–C) groups is 2. The molecule has 0 saturated carbocycles. The average Bonchev–Trinajstić information content (AvgIpc) is 2.71. The zero-order chi connectivity index (χ0) is 20.3. The van der Waals surface area contributed by atoms with Gasteiger partial charge in [-0.25, -0.2) is 0 Å². The SMILES string of the molecule is CCCCCCCCCCCCN=C1NC(=NCCCO)CCN1CCCO. The number of guanidine groups is 1. The summed E-state index contributed by atoms with van der Waals surface area (Å²) in [6, 6.07) is 0. The van der Waals surface area contributed by atoms with Crippen molar-refractivity contribution in [2.45, 2.75) is 90.4 Å². The molecule has 0 bridgehead atoms. The first-order valence-electron chi connectivity index (χ1n) is 11.6. The molecule has 3 N–H and O–H groups in total. The van der Waals surface area contributed by atoms with Crippen LogP contribution in [0.4, 0.5) is 0 Å². The highest BCUT2D eigenvalue weighted by Gasteiger charge is 2.19. The lowest BCUT2D eigenvalue weighted by Crippen LogP contribution is -2.51. The van der Waals surface area contributed by atoms with Gasteiger partial charge in [-0.15, -0.1) is 0 Å². The quantitative estimate of drug-likeness (QED) is 0.327. The standard InChI is InChI=1S/C22H44N4O2/c1-2-3-4-5-6-7-8-9-10-11-15-24-22-25-21(23-16-12-19-27)14-18-26(22)17-13-20-28/h27-28H,2-20H2,1H3,(H,23,24,25). The van der Waals surface area contributed by atoms with Gasteiger partial charge in [0.25, 0.3) is 0 Å². The summed E-state index contributed by atoms with van der Waals surface area (Å²) in [6.45, 7) is 5.87. The minimum Gasteiger partial charge on any atom is -0.396 e. The van der Waals surface area contributed by atoms with Crippen molar-refractivity contribution in [3.8, 4) is 0 Å². The first-order valence-corrected chi connectivity index (χ1v) is 11.6. The van der Waals surface area contributed by atoms with Crippen molar-refractivity contribution in [2.75, 3.05) is 39.4 Å². The molecule has 1 rings (SSSR count). The number of nitrogens with zero attached hydrogens (tertiary/aromatic N) is 3. The fraction of sp³-hybridized carbons (Fsp3) is 0.909. The van der Waals surface area contributed by atoms with Gasteiger partial charge in [-0.1, -0.05) is 64.7 Å². The molecular weight excluding hydrogens is 352 g/mol. The Hall–Kier alpha value is -1.14. The molecule has 1 saturated heterocycles. The molecule has 164 valence electrons. The second kappa shape index (κ2) is 17.9. The first kappa shape index (κ1) is 24.9. The maximum Gasteiger partial charge on any atom is 0.199 e. The minimum atomic E-state index is 0.180. The van der Waals surface area contributed by atoms with Crippen LogP contribution in [0.2, 0.25) is 0 Å². The second-order valence-electron chi connectivity index (χ2n) is 7.73. The van der Waals surface area contributed by atoms with Gasteiger partial charge in [0, 0.05) is 45.8 Å². The Bertz CT molecular complexity index is 427. The number of hydrogen-bond acceptors (Lipinski definition) is 4. The summed E-state index contributed by atoms with van der Waals surface area (Å²) >= 11 is 0. The van der Waals surface area contributed by atoms with E-state index in [0.717, 1.165) is 50.7 Å². The van der Waals surface area contributed by atoms with Gasteiger partial charge in [0.15, 0.2) is 5.96 Å². The van der Waals surface area contributed by atoms with Crippen molar-refractivity contribution in [3.05, 3.63) is 0 Å². The van der Waals surface area contributed by atoms with E-state index in [2.05, 4.69) is 22.1 Å². The van der Waals surface area contributed by atoms with Crippen molar-refractivity contribution < 1.29 is 10.2 Å². The molecule has 0 aromatic heterocycles. The maximum atomic E-state index is 9.12. The lowest BCUT2D eigenvalue weighted by atomic mass is 10.1. The molecule has 0 radical (unpaired) electrons. The molecule has 1 aliphatic rings. The number of amidine groups is 1. The van der Waals surface area contributed by atoms with E-state index in [4.69, 9.17) is 15.2 Å². The molecule has 0 atom stereocenters. The van der Waals surface area contributed by atoms with E-state index in [9.17, 15) is 0 Å². The number of hydrogen-bond donors (Lipinski definition) is 3. The zero-order valence-corrected chi connectivity index (χ0v) is 18.2. The van der Waals surface area contributed by atoms with Crippen molar-refractivity contribution >= 4 is 11.8 Å². The maximum absolute atomic E-state index is 9.12. The third-order valence-electron chi connectivity index (χ3n) is 5.15. The van der Waals surface area contributed by atoms with Gasteiger partial charge in [0.2, 0.25) is 0 Å². The molecule has 6 nitrogen and oxygen atoms in total. The van der Waals surface area contributed by atoms with Gasteiger partial charge >= 0.3 is 0 Å². The predicted octanol–water partition coefficient (Wildman–Crippen LogP) is 3.72. The molecule has 28 heavy (non-hydrogen) atoms. The van der Waals surface area contributed by atoms with Crippen LogP contribution in [0.25, 0.3) is 0 Å². The first-order chi connectivity index (χ1) is 13.8. The van der Waals surface area contributed by atoms with E-state index in [1.165, 1.54) is 57.8 Å². The topological polar surface area (TPSA) is 80.5 Å². The van der Waals surface area contributed by atoms with Gasteiger partial charge < -0.3 is 20.4 Å². The highest BCUT2D eigenvalue weighted by Crippen LogP contribution is 2.11. The molecule has 0 amide bonds. The second-order valence-corrected chi connectivity index (χ2v) is 7.73. The molecule has 0 aromatic carbocycles. The molecular formula is C22H44N4O2. The zero-order valence-electron chi connectivity index (χ0n) is 18.2. The molecule has 0 spiro atoms. The van der Waals surface area contributed by atoms with Crippen LogP contribution in [0.5, 0.6) is 0 Å². The van der Waals surface area contributed by atoms with Crippen LogP contribution in [0.3, 0.4) is 0 Å². The fourth-order valence-corrected chi connectivity index (χ4v) is 3.42. The summed E-state index contributed by atoms with van der Waals surface area (Å²) in [6.07, 6.45) is 15.7. The summed E-state index contributed by atoms with van der Waals surface area (Å²) < 4.78 is 0. The van der Waals surface area contributed by atoms with E-state index in [0.29, 0.717) is 13.0 Å². The van der Waals surface area contributed by atoms with Crippen molar-refractivity contribution in [1.29, 1.82) is 0 Å². The Morgan fingerprint density at radius 3 is 2.04 bits per heavy atom. The molecule has 0 aromatic rings. The summed E-state index contributed by atoms with van der Waals surface area (Å²) in [4.78, 5) is 11.5. The van der Waals surface area contributed by atoms with E-state index in [1.807, 2.05) is 0 Å². The summed E-state index contributed by atoms with van der Waals surface area (Å²) in [7, 11) is 0. The average molecular weight is 397 g/mol. The van der Waals surface area contributed by atoms with E-state index >= 15 is 0 Å². The van der Waals surface area contributed by atoms with Gasteiger partial charge in [0.1, 0.15) is 5.84 Å². The molecule has 0 unspecified atom stereocenters. The monoisotopic (exact) mass is 396 g/mol. The van der Waals surface area contributed by atoms with Gasteiger partial charge in [0.05, 0.1) is 0 Å². The van der Waals surface area contributed by atoms with E-state index < -0.39 is 0 Å². The molecule has 0 aliphatic carbocycles. The van der Waals surface area contributed by atoms with Crippen molar-refractivity contribution in [2.24, 2.45) is 9.98 Å². The molecule has 1 aliphatic heterocycles. The minimum absolute atomic E-state index is 0.180. The van der Waals surface area contributed by atoms with E-state index in [1.54, 1.807) is 0 Å². The number of rotatable bonds is 17. The Morgan fingerprint density at radius 2 is 1.39 bits per heavy atom. The summed E-state index contributed by atoms with van der Waals surface area (Å²) in [5, 5.41) is 21.4. The highest BCUT2D eigenvalue weighted by molar-refractivity contribution is 6.01. The third kappa shape index (κ3) is 12.3. The Balaban J connectivity index is 2.26. The van der Waals surface area contributed by atoms with Crippen LogP contribution in [-0.4, -0.2) is 66.3 Å². The van der Waals surface area contributed by atoms with E-state index in [-0.39, 0.29) is 13.2 Å². The number of unbranched alkanes of at least 4 members (excludes halogenated alkanes) is 9. The number of aliphatic hydroxyl groups excluding tert-OH is 2. The number of aliphatic hydroxyl groups is 2. The van der Waals surface area contributed by atoms with Crippen LogP contribution in [0.1, 0.15) is 90.4 Å². The van der Waals surface area contributed by atoms with Gasteiger partial charge in [-0.2, -0.15) is 0 Å². The Morgan fingerprint density at radius 1 is 0.786 bits per heavy atom. The Labute approximate surface area is 172 Å². The van der Waals surface area contributed by atoms with Gasteiger partial charge in [-0.05, 0) is 19.3 Å². The normalized spacial score (nSPS) is 17.5. The Kier molecular flexibility index (Phi) is 15.9.